The zero-order valence-corrected chi connectivity index (χ0v) is 41.9. The normalized spacial score (nSPS) is 14.1. The van der Waals surface area contributed by atoms with Gasteiger partial charge >= 0.3 is 7.82 Å². The third-order valence-corrected chi connectivity index (χ3v) is 13.3. The van der Waals surface area contributed by atoms with E-state index in [0.717, 1.165) is 38.5 Å². The molecule has 0 aliphatic heterocycles. The summed E-state index contributed by atoms with van der Waals surface area (Å²) in [6, 6.07) is -0.754. The molecule has 0 aromatic carbocycles. The highest BCUT2D eigenvalue weighted by molar-refractivity contribution is 7.47. The second-order valence-corrected chi connectivity index (χ2v) is 21.1. The SMILES string of the molecule is CCCCCCCCCCCCCCCCCCCCCCCCC(=O)NC(COP(=O)(O)OCC[N+](C)(C)C)C(O)CCCCCCCCCCCCCCCCCC. The van der Waals surface area contributed by atoms with Crippen molar-refractivity contribution >= 4 is 13.7 Å². The maximum Gasteiger partial charge on any atom is 0.472 e. The Kier molecular flexibility index (Phi) is 43.4. The third kappa shape index (κ3) is 45.5. The molecule has 0 aliphatic carbocycles. The number of likely N-dealkylation sites (N-methyl/N-ethyl adjacent to an activating group) is 1. The summed E-state index contributed by atoms with van der Waals surface area (Å²) in [6.45, 7) is 4.93. The Morgan fingerprint density at radius 2 is 0.800 bits per heavy atom. The summed E-state index contributed by atoms with van der Waals surface area (Å²) in [5.41, 5.74) is 0. The molecule has 8 nitrogen and oxygen atoms in total. The number of hydrogen-bond donors (Lipinski definition) is 3. The molecule has 3 atom stereocenters. The van der Waals surface area contributed by atoms with Crippen molar-refractivity contribution < 1.29 is 32.9 Å². The van der Waals surface area contributed by atoms with E-state index >= 15 is 0 Å². The molecule has 3 unspecified atom stereocenters. The van der Waals surface area contributed by atoms with Gasteiger partial charge in [0.25, 0.3) is 0 Å². The van der Waals surface area contributed by atoms with E-state index in [1.165, 1.54) is 205 Å². The van der Waals surface area contributed by atoms with Gasteiger partial charge in [-0.15, -0.1) is 0 Å². The van der Waals surface area contributed by atoms with Gasteiger partial charge in [0.15, 0.2) is 0 Å². The van der Waals surface area contributed by atoms with Crippen molar-refractivity contribution in [3.05, 3.63) is 0 Å². The number of quaternary nitrogens is 1. The molecule has 3 N–H and O–H groups in total. The van der Waals surface area contributed by atoms with Crippen molar-refractivity contribution in [1.82, 2.24) is 5.32 Å². The second-order valence-electron chi connectivity index (χ2n) is 19.6. The number of carbonyl (C=O) groups is 1. The lowest BCUT2D eigenvalue weighted by Gasteiger charge is -2.26. The highest BCUT2D eigenvalue weighted by Crippen LogP contribution is 2.43. The Hall–Kier alpha value is -0.500. The molecule has 0 bridgehead atoms. The van der Waals surface area contributed by atoms with E-state index in [2.05, 4.69) is 19.2 Å². The first-order chi connectivity index (χ1) is 29.0. The molecule has 0 saturated heterocycles. The van der Waals surface area contributed by atoms with Gasteiger partial charge in [-0.2, -0.15) is 0 Å². The van der Waals surface area contributed by atoms with Crippen molar-refractivity contribution in [2.24, 2.45) is 0 Å². The standard InChI is InChI=1S/C51H105N2O6P/c1-6-8-10-12-14-16-18-20-22-24-25-26-27-28-29-31-33-35-37-39-41-43-45-51(55)52-49(48-59-60(56,57)58-47-46-53(3,4)5)50(54)44-42-40-38-36-34-32-30-23-21-19-17-15-13-11-9-7-2/h49-50,54H,6-48H2,1-5H3,(H-,52,55,56,57)/p+1. The van der Waals surface area contributed by atoms with E-state index in [-0.39, 0.29) is 19.1 Å². The smallest absolute Gasteiger partial charge is 0.391 e. The average Bonchev–Trinajstić information content (AvgIpc) is 3.20. The van der Waals surface area contributed by atoms with Crippen LogP contribution in [-0.2, 0) is 18.4 Å². The Morgan fingerprint density at radius 3 is 1.12 bits per heavy atom. The predicted molar refractivity (Wildman–Crippen MR) is 259 cm³/mol. The molecule has 0 spiro atoms. The maximum absolute atomic E-state index is 13.0. The lowest BCUT2D eigenvalue weighted by atomic mass is 10.0. The zero-order chi connectivity index (χ0) is 44.3. The molecule has 0 radical (unpaired) electrons. The monoisotopic (exact) mass is 874 g/mol. The van der Waals surface area contributed by atoms with E-state index in [1.807, 2.05) is 21.1 Å². The third-order valence-electron chi connectivity index (χ3n) is 12.4. The molecule has 360 valence electrons. The Morgan fingerprint density at radius 1 is 0.500 bits per heavy atom. The number of phosphoric acid groups is 1. The second kappa shape index (κ2) is 43.7. The molecule has 60 heavy (non-hydrogen) atoms. The van der Waals surface area contributed by atoms with Crippen LogP contribution in [0.15, 0.2) is 0 Å². The molecule has 0 aromatic heterocycles. The molecular formula is C51H106N2O6P+. The summed E-state index contributed by atoms with van der Waals surface area (Å²) in [7, 11) is 1.63. The van der Waals surface area contributed by atoms with Crippen LogP contribution in [0.25, 0.3) is 0 Å². The minimum absolute atomic E-state index is 0.0789. The van der Waals surface area contributed by atoms with E-state index in [1.54, 1.807) is 0 Å². The number of aliphatic hydroxyl groups is 1. The van der Waals surface area contributed by atoms with Crippen molar-refractivity contribution in [1.29, 1.82) is 0 Å². The molecule has 0 aliphatic rings. The van der Waals surface area contributed by atoms with Gasteiger partial charge < -0.3 is 19.8 Å². The fourth-order valence-corrected chi connectivity index (χ4v) is 8.90. The number of hydrogen-bond acceptors (Lipinski definition) is 5. The minimum Gasteiger partial charge on any atom is -0.391 e. The van der Waals surface area contributed by atoms with Gasteiger partial charge in [0.2, 0.25) is 5.91 Å². The number of carbonyl (C=O) groups excluding carboxylic acids is 1. The summed E-state index contributed by atoms with van der Waals surface area (Å²) in [4.78, 5) is 23.3. The minimum atomic E-state index is -4.31. The lowest BCUT2D eigenvalue weighted by Crippen LogP contribution is -2.46. The molecule has 0 saturated carbocycles. The van der Waals surface area contributed by atoms with Gasteiger partial charge in [0.1, 0.15) is 13.2 Å². The topological polar surface area (TPSA) is 105 Å². The van der Waals surface area contributed by atoms with Gasteiger partial charge in [-0.25, -0.2) is 4.57 Å². The van der Waals surface area contributed by atoms with Crippen molar-refractivity contribution in [2.75, 3.05) is 40.9 Å². The summed E-state index contributed by atoms with van der Waals surface area (Å²) < 4.78 is 23.7. The summed E-state index contributed by atoms with van der Waals surface area (Å²) in [5.74, 6) is -0.137. The van der Waals surface area contributed by atoms with Crippen LogP contribution < -0.4 is 5.32 Å². The van der Waals surface area contributed by atoms with Gasteiger partial charge in [-0.05, 0) is 12.8 Å². The van der Waals surface area contributed by atoms with Gasteiger partial charge in [0.05, 0.1) is 39.9 Å². The Bertz CT molecular complexity index is 947. The summed E-state index contributed by atoms with van der Waals surface area (Å²) in [5, 5.41) is 14.0. The van der Waals surface area contributed by atoms with Gasteiger partial charge in [-0.3, -0.25) is 13.8 Å². The van der Waals surface area contributed by atoms with Crippen LogP contribution in [0, 0.1) is 0 Å². The highest BCUT2D eigenvalue weighted by Gasteiger charge is 2.28. The number of phosphoric ester groups is 1. The first kappa shape index (κ1) is 59.5. The van der Waals surface area contributed by atoms with E-state index < -0.39 is 20.0 Å². The average molecular weight is 874 g/mol. The summed E-state index contributed by atoms with van der Waals surface area (Å²) >= 11 is 0. The summed E-state index contributed by atoms with van der Waals surface area (Å²) in [6.07, 6.45) is 50.0. The fourth-order valence-electron chi connectivity index (χ4n) is 8.17. The largest absolute Gasteiger partial charge is 0.472 e. The van der Waals surface area contributed by atoms with Crippen molar-refractivity contribution in [3.63, 3.8) is 0 Å². The molecule has 0 fully saturated rings. The molecule has 0 heterocycles. The number of nitrogens with zero attached hydrogens (tertiary/aromatic N) is 1. The van der Waals surface area contributed by atoms with Crippen LogP contribution in [0.4, 0.5) is 0 Å². The Labute approximate surface area is 374 Å². The molecular weight excluding hydrogens is 768 g/mol. The number of rotatable bonds is 49. The van der Waals surface area contributed by atoms with Gasteiger partial charge in [-0.1, -0.05) is 251 Å². The van der Waals surface area contributed by atoms with E-state index in [9.17, 15) is 19.4 Å². The number of unbranched alkanes of at least 4 members (excludes halogenated alkanes) is 36. The predicted octanol–water partition coefficient (Wildman–Crippen LogP) is 15.3. The molecule has 9 heteroatoms. The lowest BCUT2D eigenvalue weighted by molar-refractivity contribution is -0.870. The van der Waals surface area contributed by atoms with Gasteiger partial charge in [0, 0.05) is 6.42 Å². The van der Waals surface area contributed by atoms with Crippen LogP contribution in [-0.4, -0.2) is 73.4 Å². The Balaban J connectivity index is 4.17. The number of nitrogens with one attached hydrogen (secondary N) is 1. The molecule has 0 rings (SSSR count). The quantitative estimate of drug-likeness (QED) is 0.0319. The van der Waals surface area contributed by atoms with Crippen molar-refractivity contribution in [2.45, 2.75) is 283 Å². The first-order valence-corrected chi connectivity index (χ1v) is 27.9. The van der Waals surface area contributed by atoms with Crippen LogP contribution in [0.1, 0.15) is 271 Å². The highest BCUT2D eigenvalue weighted by atomic mass is 31.2. The van der Waals surface area contributed by atoms with Crippen LogP contribution >= 0.6 is 7.82 Å². The van der Waals surface area contributed by atoms with Crippen molar-refractivity contribution in [3.8, 4) is 0 Å². The fraction of sp³-hybridized carbons (Fsp3) is 0.980. The molecule has 1 amide bonds. The molecule has 0 aromatic rings. The first-order valence-electron chi connectivity index (χ1n) is 26.4. The van der Waals surface area contributed by atoms with E-state index in [4.69, 9.17) is 9.05 Å². The van der Waals surface area contributed by atoms with Crippen LogP contribution in [0.3, 0.4) is 0 Å². The maximum atomic E-state index is 13.0. The zero-order valence-electron chi connectivity index (χ0n) is 41.0. The van der Waals surface area contributed by atoms with Crippen LogP contribution in [0.2, 0.25) is 0 Å². The number of aliphatic hydroxyl groups excluding tert-OH is 1. The van der Waals surface area contributed by atoms with Crippen LogP contribution in [0.5, 0.6) is 0 Å². The van der Waals surface area contributed by atoms with E-state index in [0.29, 0.717) is 23.9 Å². The number of amides is 1.